The van der Waals surface area contributed by atoms with Crippen molar-refractivity contribution in [2.24, 2.45) is 0 Å². The number of unbranched alkanes of at least 4 members (excludes halogenated alkanes) is 1. The Morgan fingerprint density at radius 1 is 0.727 bits per heavy atom. The molecule has 0 amide bonds. The molecule has 0 N–H and O–H groups in total. The van der Waals surface area contributed by atoms with Crippen LogP contribution >= 0.6 is 22.7 Å². The normalized spacial score (nSPS) is 16.4. The molecular formula is C49H50BN3S2. The van der Waals surface area contributed by atoms with Crippen LogP contribution in [-0.4, -0.2) is 11.7 Å². The number of aryl methyl sites for hydroxylation is 2. The van der Waals surface area contributed by atoms with Gasteiger partial charge in [-0.05, 0) is 102 Å². The van der Waals surface area contributed by atoms with Crippen LogP contribution in [0.25, 0.3) is 20.2 Å². The largest absolute Gasteiger partial charge is 0.310 e. The Hall–Kier alpha value is -4.39. The van der Waals surface area contributed by atoms with Crippen LogP contribution < -0.4 is 24.8 Å². The molecule has 276 valence electrons. The molecule has 0 atom stereocenters. The molecule has 0 unspecified atom stereocenters. The first-order valence-corrected chi connectivity index (χ1v) is 21.8. The van der Waals surface area contributed by atoms with Crippen LogP contribution in [0.1, 0.15) is 103 Å². The second-order valence-corrected chi connectivity index (χ2v) is 20.8. The maximum atomic E-state index is 5.98. The monoisotopic (exact) mass is 755 g/mol. The summed E-state index contributed by atoms with van der Waals surface area (Å²) < 4.78 is 5.56. The van der Waals surface area contributed by atoms with Gasteiger partial charge in [0.15, 0.2) is 0 Å². The Morgan fingerprint density at radius 3 is 2.04 bits per heavy atom. The molecule has 3 aromatic heterocycles. The number of pyridine rings is 1. The third-order valence-corrected chi connectivity index (χ3v) is 15.0. The predicted octanol–water partition coefficient (Wildman–Crippen LogP) is 12.5. The molecule has 5 heterocycles. The van der Waals surface area contributed by atoms with Gasteiger partial charge in [-0.2, -0.15) is 0 Å². The van der Waals surface area contributed by atoms with Crippen molar-refractivity contribution in [2.75, 3.05) is 9.80 Å². The number of aromatic nitrogens is 1. The number of hydrogen-bond acceptors (Lipinski definition) is 5. The summed E-state index contributed by atoms with van der Waals surface area (Å²) in [5, 5.41) is 2.70. The van der Waals surface area contributed by atoms with E-state index in [1.165, 1.54) is 104 Å². The summed E-state index contributed by atoms with van der Waals surface area (Å²) in [4.78, 5) is 11.2. The number of hydrogen-bond donors (Lipinski definition) is 0. The molecule has 0 fully saturated rings. The van der Waals surface area contributed by atoms with Gasteiger partial charge in [-0.1, -0.05) is 110 Å². The zero-order valence-electron chi connectivity index (χ0n) is 33.7. The van der Waals surface area contributed by atoms with Crippen LogP contribution in [0.15, 0.2) is 91.0 Å². The Bertz CT molecular complexity index is 2680. The summed E-state index contributed by atoms with van der Waals surface area (Å²) in [6.07, 6.45) is 4.56. The van der Waals surface area contributed by atoms with Crippen molar-refractivity contribution < 1.29 is 0 Å². The summed E-state index contributed by atoms with van der Waals surface area (Å²) >= 11 is 3.99. The van der Waals surface area contributed by atoms with E-state index in [0.29, 0.717) is 0 Å². The maximum absolute atomic E-state index is 5.98. The van der Waals surface area contributed by atoms with E-state index in [4.69, 9.17) is 4.98 Å². The van der Waals surface area contributed by atoms with Gasteiger partial charge in [-0.15, -0.1) is 22.7 Å². The fourth-order valence-corrected chi connectivity index (χ4v) is 12.9. The number of benzene rings is 4. The highest BCUT2D eigenvalue weighted by atomic mass is 32.1. The smallest absolute Gasteiger partial charge is 0.279 e. The van der Waals surface area contributed by atoms with Crippen LogP contribution in [-0.2, 0) is 22.7 Å². The molecule has 6 heteroatoms. The van der Waals surface area contributed by atoms with Crippen LogP contribution in [0.4, 0.5) is 34.3 Å². The lowest BCUT2D eigenvalue weighted by atomic mass is 9.39. The van der Waals surface area contributed by atoms with Gasteiger partial charge in [0.1, 0.15) is 5.82 Å². The van der Waals surface area contributed by atoms with Gasteiger partial charge in [-0.3, -0.25) is 4.90 Å². The van der Waals surface area contributed by atoms with Crippen molar-refractivity contribution in [1.82, 2.24) is 4.98 Å². The molecular weight excluding hydrogens is 706 g/mol. The zero-order valence-corrected chi connectivity index (χ0v) is 35.4. The second-order valence-electron chi connectivity index (χ2n) is 18.7. The molecule has 4 aromatic carbocycles. The van der Waals surface area contributed by atoms with E-state index in [2.05, 4.69) is 163 Å². The van der Waals surface area contributed by atoms with Crippen LogP contribution in [0.3, 0.4) is 0 Å². The molecule has 7 aromatic rings. The SMILES string of the molecule is CCCCc1ccc2sc3c(c2c1)N(c1ccccc1)c1c2c(nc4c1C(C)(C)CC4(C)C)N(c1ccc(C(C)(C)C)cc1)c1c(sc4ccc(C)cc14)B32. The lowest BCUT2D eigenvalue weighted by Crippen LogP contribution is -2.60. The molecule has 10 rings (SSSR count). The van der Waals surface area contributed by atoms with Gasteiger partial charge >= 0.3 is 0 Å². The van der Waals surface area contributed by atoms with Crippen LogP contribution in [0.5, 0.6) is 0 Å². The summed E-state index contributed by atoms with van der Waals surface area (Å²) in [7, 11) is 0. The van der Waals surface area contributed by atoms with Crippen LogP contribution in [0, 0.1) is 6.92 Å². The number of fused-ring (bicyclic) bond motifs is 10. The van der Waals surface area contributed by atoms with Gasteiger partial charge in [0.2, 0.25) is 0 Å². The van der Waals surface area contributed by atoms with Crippen molar-refractivity contribution in [3.8, 4) is 0 Å². The van der Waals surface area contributed by atoms with E-state index in [-0.39, 0.29) is 23.0 Å². The quantitative estimate of drug-likeness (QED) is 0.163. The predicted molar refractivity (Wildman–Crippen MR) is 242 cm³/mol. The topological polar surface area (TPSA) is 19.4 Å². The lowest BCUT2D eigenvalue weighted by Gasteiger charge is -2.43. The Labute approximate surface area is 335 Å². The summed E-state index contributed by atoms with van der Waals surface area (Å²) in [5.74, 6) is 1.09. The van der Waals surface area contributed by atoms with E-state index < -0.39 is 0 Å². The molecule has 2 aliphatic heterocycles. The Balaban J connectivity index is 1.38. The minimum atomic E-state index is -0.0954. The Morgan fingerprint density at radius 2 is 1.36 bits per heavy atom. The van der Waals surface area contributed by atoms with E-state index in [9.17, 15) is 0 Å². The average molecular weight is 756 g/mol. The fourth-order valence-electron chi connectivity index (χ4n) is 10.2. The zero-order chi connectivity index (χ0) is 38.2. The molecule has 55 heavy (non-hydrogen) atoms. The van der Waals surface area contributed by atoms with Gasteiger partial charge in [-0.25, -0.2) is 4.98 Å². The Kier molecular flexibility index (Phi) is 7.69. The van der Waals surface area contributed by atoms with E-state index in [0.717, 1.165) is 18.7 Å². The lowest BCUT2D eigenvalue weighted by molar-refractivity contribution is 0.400. The summed E-state index contributed by atoms with van der Waals surface area (Å²) in [6.45, 7) is 21.3. The highest BCUT2D eigenvalue weighted by molar-refractivity contribution is 7.40. The van der Waals surface area contributed by atoms with E-state index in [1.807, 2.05) is 22.7 Å². The highest BCUT2D eigenvalue weighted by Crippen LogP contribution is 2.58. The highest BCUT2D eigenvalue weighted by Gasteiger charge is 2.54. The van der Waals surface area contributed by atoms with E-state index in [1.54, 1.807) is 0 Å². The second kappa shape index (κ2) is 12.1. The summed E-state index contributed by atoms with van der Waals surface area (Å²) in [6, 6.07) is 35.0. The molecule has 0 saturated carbocycles. The first-order chi connectivity index (χ1) is 26.3. The van der Waals surface area contributed by atoms with E-state index >= 15 is 0 Å². The van der Waals surface area contributed by atoms with Crippen molar-refractivity contribution in [3.63, 3.8) is 0 Å². The number of anilines is 6. The maximum Gasteiger partial charge on any atom is 0.279 e. The molecule has 0 radical (unpaired) electrons. The van der Waals surface area contributed by atoms with Crippen molar-refractivity contribution >= 4 is 98.8 Å². The third kappa shape index (κ3) is 5.16. The van der Waals surface area contributed by atoms with Gasteiger partial charge in [0.05, 0.1) is 22.8 Å². The standard InChI is InChI=1S/C49H50BN3S2/c1-10-11-15-30-19-25-37-35(27-30)40-44(55-37)50-39-42(52(40)32-16-13-12-14-17-32)38-43(49(8,9)28-48(38,6)7)51-46(39)53(33-22-20-31(21-23-33)47(3,4)5)41-34-26-29(2)18-24-36(34)54-45(41)50/h12-14,16-27H,10-11,15,28H2,1-9H3. The minimum absolute atomic E-state index is 0.0631. The first-order valence-electron chi connectivity index (χ1n) is 20.2. The van der Waals surface area contributed by atoms with Crippen molar-refractivity contribution in [2.45, 2.75) is 104 Å². The van der Waals surface area contributed by atoms with Gasteiger partial charge < -0.3 is 4.90 Å². The fraction of sp³-hybridized carbons (Fsp3) is 0.327. The minimum Gasteiger partial charge on any atom is -0.310 e. The molecule has 0 spiro atoms. The summed E-state index contributed by atoms with van der Waals surface area (Å²) in [5.41, 5.74) is 14.4. The number of thiophene rings is 2. The van der Waals surface area contributed by atoms with Gasteiger partial charge in [0.25, 0.3) is 6.71 Å². The number of rotatable bonds is 5. The molecule has 3 aliphatic rings. The number of para-hydroxylation sites is 1. The van der Waals surface area contributed by atoms with Crippen molar-refractivity contribution in [3.05, 3.63) is 119 Å². The van der Waals surface area contributed by atoms with Crippen molar-refractivity contribution in [1.29, 1.82) is 0 Å². The molecule has 0 bridgehead atoms. The molecule has 1 aliphatic carbocycles. The average Bonchev–Trinajstić information content (AvgIpc) is 3.77. The number of nitrogens with zero attached hydrogens (tertiary/aromatic N) is 3. The van der Waals surface area contributed by atoms with Crippen LogP contribution in [0.2, 0.25) is 0 Å². The first kappa shape index (κ1) is 35.1. The molecule has 3 nitrogen and oxygen atoms in total. The molecule has 0 saturated heterocycles. The third-order valence-electron chi connectivity index (χ3n) is 12.5. The van der Waals surface area contributed by atoms with Gasteiger partial charge in [0, 0.05) is 52.1 Å².